The van der Waals surface area contributed by atoms with Crippen molar-refractivity contribution in [2.45, 2.75) is 32.7 Å². The Morgan fingerprint density at radius 2 is 1.89 bits per heavy atom. The molecule has 0 aliphatic carbocycles. The van der Waals surface area contributed by atoms with Crippen LogP contribution >= 0.6 is 0 Å². The van der Waals surface area contributed by atoms with Crippen molar-refractivity contribution in [1.29, 1.82) is 0 Å². The standard InChI is InChI=1S/C18H24N4O6/c1-3-4-14(18(25)26)19-17(24)13-5-6-15(16(11-13)22(27)28)21-9-7-20(8-10-21)12(2)23/h5-6,11,14H,3-4,7-10H2,1-2H3,(H,19,24)(H,25,26). The minimum atomic E-state index is -1.15. The van der Waals surface area contributed by atoms with Crippen LogP contribution in [0.15, 0.2) is 18.2 Å². The number of carboxylic acid groups (broad SMARTS) is 1. The van der Waals surface area contributed by atoms with Crippen molar-refractivity contribution in [1.82, 2.24) is 10.2 Å². The van der Waals surface area contributed by atoms with Gasteiger partial charge in [-0.1, -0.05) is 13.3 Å². The number of carbonyl (C=O) groups excluding carboxylic acids is 2. The second-order valence-electron chi connectivity index (χ2n) is 6.61. The molecule has 28 heavy (non-hydrogen) atoms. The van der Waals surface area contributed by atoms with Crippen LogP contribution in [0.25, 0.3) is 0 Å². The molecule has 1 atom stereocenters. The van der Waals surface area contributed by atoms with Gasteiger partial charge >= 0.3 is 5.97 Å². The molecular weight excluding hydrogens is 368 g/mol. The molecule has 1 unspecified atom stereocenters. The van der Waals surface area contributed by atoms with Crippen LogP contribution in [0.4, 0.5) is 11.4 Å². The quantitative estimate of drug-likeness (QED) is 0.527. The van der Waals surface area contributed by atoms with Gasteiger partial charge in [0.05, 0.1) is 4.92 Å². The molecule has 2 rings (SSSR count). The number of carbonyl (C=O) groups is 3. The molecular formula is C18H24N4O6. The molecule has 2 amide bonds. The molecule has 1 heterocycles. The van der Waals surface area contributed by atoms with Gasteiger partial charge < -0.3 is 20.2 Å². The van der Waals surface area contributed by atoms with Crippen LogP contribution in [0.3, 0.4) is 0 Å². The first-order valence-corrected chi connectivity index (χ1v) is 9.07. The van der Waals surface area contributed by atoms with Crippen LogP contribution in [0, 0.1) is 10.1 Å². The summed E-state index contributed by atoms with van der Waals surface area (Å²) in [6, 6.07) is 3.05. The lowest BCUT2D eigenvalue weighted by Crippen LogP contribution is -2.48. The summed E-state index contributed by atoms with van der Waals surface area (Å²) in [5.41, 5.74) is 0.166. The molecule has 152 valence electrons. The van der Waals surface area contributed by atoms with Crippen LogP contribution < -0.4 is 10.2 Å². The Bertz CT molecular complexity index is 773. The summed E-state index contributed by atoms with van der Waals surface area (Å²) in [6.45, 7) is 5.10. The van der Waals surface area contributed by atoms with E-state index in [0.717, 1.165) is 6.07 Å². The van der Waals surface area contributed by atoms with E-state index in [1.807, 2.05) is 0 Å². The number of nitrogens with zero attached hydrogens (tertiary/aromatic N) is 3. The van der Waals surface area contributed by atoms with Crippen molar-refractivity contribution in [3.63, 3.8) is 0 Å². The van der Waals surface area contributed by atoms with E-state index in [1.54, 1.807) is 16.7 Å². The molecule has 0 spiro atoms. The highest BCUT2D eigenvalue weighted by molar-refractivity contribution is 5.97. The molecule has 1 aliphatic rings. The minimum Gasteiger partial charge on any atom is -0.480 e. The molecule has 1 aromatic rings. The number of hydrogen-bond acceptors (Lipinski definition) is 6. The Morgan fingerprint density at radius 3 is 2.39 bits per heavy atom. The number of aliphatic carboxylic acids is 1. The summed E-state index contributed by atoms with van der Waals surface area (Å²) in [5.74, 6) is -1.86. The molecule has 1 aromatic carbocycles. The Hall–Kier alpha value is -3.17. The van der Waals surface area contributed by atoms with Crippen LogP contribution in [0.5, 0.6) is 0 Å². The molecule has 1 aliphatic heterocycles. The van der Waals surface area contributed by atoms with E-state index in [1.165, 1.54) is 19.1 Å². The first-order valence-electron chi connectivity index (χ1n) is 9.07. The highest BCUT2D eigenvalue weighted by Crippen LogP contribution is 2.30. The van der Waals surface area contributed by atoms with E-state index in [-0.39, 0.29) is 23.6 Å². The highest BCUT2D eigenvalue weighted by atomic mass is 16.6. The van der Waals surface area contributed by atoms with Gasteiger partial charge in [0.25, 0.3) is 11.6 Å². The molecule has 0 aromatic heterocycles. The summed E-state index contributed by atoms with van der Waals surface area (Å²) >= 11 is 0. The fourth-order valence-electron chi connectivity index (χ4n) is 3.13. The van der Waals surface area contributed by atoms with E-state index in [2.05, 4.69) is 5.32 Å². The SMILES string of the molecule is CCCC(NC(=O)c1ccc(N2CCN(C(C)=O)CC2)c([N+](=O)[O-])c1)C(=O)O. The molecule has 2 N–H and O–H groups in total. The average Bonchev–Trinajstić information content (AvgIpc) is 2.67. The molecule has 10 heteroatoms. The van der Waals surface area contributed by atoms with E-state index in [9.17, 15) is 24.5 Å². The lowest BCUT2D eigenvalue weighted by Gasteiger charge is -2.35. The molecule has 10 nitrogen and oxygen atoms in total. The van der Waals surface area contributed by atoms with Crippen molar-refractivity contribution >= 4 is 29.2 Å². The van der Waals surface area contributed by atoms with Gasteiger partial charge in [-0.15, -0.1) is 0 Å². The summed E-state index contributed by atoms with van der Waals surface area (Å²) in [4.78, 5) is 49.4. The number of nitrogens with one attached hydrogen (secondary N) is 1. The van der Waals surface area contributed by atoms with Gasteiger partial charge in [-0.25, -0.2) is 4.79 Å². The maximum atomic E-state index is 12.4. The lowest BCUT2D eigenvalue weighted by atomic mass is 10.1. The van der Waals surface area contributed by atoms with Gasteiger partial charge in [0.1, 0.15) is 11.7 Å². The van der Waals surface area contributed by atoms with Crippen molar-refractivity contribution in [2.24, 2.45) is 0 Å². The largest absolute Gasteiger partial charge is 0.480 e. The molecule has 0 radical (unpaired) electrons. The van der Waals surface area contributed by atoms with Gasteiger partial charge in [0.2, 0.25) is 5.91 Å². The molecule has 0 bridgehead atoms. The summed E-state index contributed by atoms with van der Waals surface area (Å²) in [6.07, 6.45) is 0.838. The number of piperazine rings is 1. The Kier molecular flexibility index (Phi) is 6.91. The topological polar surface area (TPSA) is 133 Å². The van der Waals surface area contributed by atoms with Gasteiger partial charge in [-0.3, -0.25) is 19.7 Å². The van der Waals surface area contributed by atoms with E-state index in [0.29, 0.717) is 38.3 Å². The molecule has 1 fully saturated rings. The maximum Gasteiger partial charge on any atom is 0.326 e. The molecule has 1 saturated heterocycles. The number of nitro groups is 1. The predicted molar refractivity (Wildman–Crippen MR) is 101 cm³/mol. The van der Waals surface area contributed by atoms with Crippen LogP contribution in [0.2, 0.25) is 0 Å². The number of nitro benzene ring substituents is 1. The Balaban J connectivity index is 2.21. The Labute approximate surface area is 162 Å². The Morgan fingerprint density at radius 1 is 1.25 bits per heavy atom. The molecule has 0 saturated carbocycles. The average molecular weight is 392 g/mol. The monoisotopic (exact) mass is 392 g/mol. The smallest absolute Gasteiger partial charge is 0.326 e. The van der Waals surface area contributed by atoms with Crippen molar-refractivity contribution in [3.05, 3.63) is 33.9 Å². The normalized spacial score (nSPS) is 15.1. The number of anilines is 1. The second-order valence-corrected chi connectivity index (χ2v) is 6.61. The lowest BCUT2D eigenvalue weighted by molar-refractivity contribution is -0.384. The third kappa shape index (κ3) is 4.96. The van der Waals surface area contributed by atoms with Crippen LogP contribution in [0.1, 0.15) is 37.0 Å². The first-order chi connectivity index (χ1) is 13.2. The fourth-order valence-corrected chi connectivity index (χ4v) is 3.13. The summed E-state index contributed by atoms with van der Waals surface area (Å²) < 4.78 is 0. The van der Waals surface area contributed by atoms with E-state index < -0.39 is 22.8 Å². The zero-order chi connectivity index (χ0) is 20.8. The number of amides is 2. The number of carboxylic acids is 1. The summed E-state index contributed by atoms with van der Waals surface area (Å²) in [5, 5.41) is 23.1. The third-order valence-corrected chi connectivity index (χ3v) is 4.68. The minimum absolute atomic E-state index is 0.0279. The number of rotatable bonds is 7. The van der Waals surface area contributed by atoms with E-state index >= 15 is 0 Å². The zero-order valence-corrected chi connectivity index (χ0v) is 15.9. The second kappa shape index (κ2) is 9.16. The van der Waals surface area contributed by atoms with Gasteiger partial charge in [-0.2, -0.15) is 0 Å². The van der Waals surface area contributed by atoms with Crippen molar-refractivity contribution in [2.75, 3.05) is 31.1 Å². The summed E-state index contributed by atoms with van der Waals surface area (Å²) in [7, 11) is 0. The maximum absolute atomic E-state index is 12.4. The van der Waals surface area contributed by atoms with Crippen LogP contribution in [-0.4, -0.2) is 64.9 Å². The number of benzene rings is 1. The van der Waals surface area contributed by atoms with Crippen molar-refractivity contribution in [3.8, 4) is 0 Å². The third-order valence-electron chi connectivity index (χ3n) is 4.68. The zero-order valence-electron chi connectivity index (χ0n) is 15.9. The van der Waals surface area contributed by atoms with E-state index in [4.69, 9.17) is 5.11 Å². The fraction of sp³-hybridized carbons (Fsp3) is 0.500. The van der Waals surface area contributed by atoms with Gasteiger partial charge in [0.15, 0.2) is 0 Å². The van der Waals surface area contributed by atoms with Gasteiger partial charge in [0, 0.05) is 44.7 Å². The van der Waals surface area contributed by atoms with Crippen molar-refractivity contribution < 1.29 is 24.4 Å². The van der Waals surface area contributed by atoms with Gasteiger partial charge in [-0.05, 0) is 18.6 Å². The predicted octanol–water partition coefficient (Wildman–Crippen LogP) is 1.25. The first kappa shape index (κ1) is 21.1. The highest BCUT2D eigenvalue weighted by Gasteiger charge is 2.27. The number of hydrogen-bond donors (Lipinski definition) is 2. The van der Waals surface area contributed by atoms with Crippen LogP contribution in [-0.2, 0) is 9.59 Å².